The number of nitrogens with zero attached hydrogens (tertiary/aromatic N) is 1. The highest BCUT2D eigenvalue weighted by Gasteiger charge is 2.25. The van der Waals surface area contributed by atoms with E-state index in [1.165, 1.54) is 26.4 Å². The van der Waals surface area contributed by atoms with E-state index in [0.29, 0.717) is 34.6 Å². The summed E-state index contributed by atoms with van der Waals surface area (Å²) in [7, 11) is 2.70. The number of esters is 1. The fourth-order valence-corrected chi connectivity index (χ4v) is 2.89. The predicted octanol–water partition coefficient (Wildman–Crippen LogP) is 3.23. The van der Waals surface area contributed by atoms with Crippen molar-refractivity contribution in [2.75, 3.05) is 20.8 Å². The number of amides is 1. The van der Waals surface area contributed by atoms with Crippen molar-refractivity contribution in [3.8, 4) is 5.75 Å². The topological polar surface area (TPSA) is 71.6 Å². The van der Waals surface area contributed by atoms with Crippen LogP contribution in [0.4, 0.5) is 4.39 Å². The quantitative estimate of drug-likeness (QED) is 0.801. The Kier molecular flexibility index (Phi) is 6.02. The van der Waals surface area contributed by atoms with Gasteiger partial charge in [0.25, 0.3) is 5.91 Å². The summed E-state index contributed by atoms with van der Waals surface area (Å²) in [6.07, 6.45) is 0. The first kappa shape index (κ1) is 19.5. The van der Waals surface area contributed by atoms with E-state index in [-0.39, 0.29) is 18.2 Å². The maximum atomic E-state index is 13.9. The number of H-pyrrole nitrogens is 1. The zero-order valence-electron chi connectivity index (χ0n) is 15.6. The van der Waals surface area contributed by atoms with Crippen molar-refractivity contribution in [1.29, 1.82) is 0 Å². The predicted molar refractivity (Wildman–Crippen MR) is 95.0 cm³/mol. The molecular formula is C19H23FN2O4. The summed E-state index contributed by atoms with van der Waals surface area (Å²) in [6.45, 7) is 5.91. The highest BCUT2D eigenvalue weighted by molar-refractivity contribution is 6.00. The molecule has 0 unspecified atom stereocenters. The number of halogens is 1. The van der Waals surface area contributed by atoms with Gasteiger partial charge in [0.15, 0.2) is 11.6 Å². The average Bonchev–Trinajstić information content (AvgIpc) is 2.93. The van der Waals surface area contributed by atoms with Gasteiger partial charge in [0.1, 0.15) is 5.69 Å². The Morgan fingerprint density at radius 1 is 1.23 bits per heavy atom. The van der Waals surface area contributed by atoms with Gasteiger partial charge in [-0.15, -0.1) is 0 Å². The van der Waals surface area contributed by atoms with Gasteiger partial charge in [-0.25, -0.2) is 9.18 Å². The first-order chi connectivity index (χ1) is 12.3. The number of hydrogen-bond donors (Lipinski definition) is 1. The highest BCUT2D eigenvalue weighted by atomic mass is 19.1. The molecule has 0 fully saturated rings. The van der Waals surface area contributed by atoms with Gasteiger partial charge in [-0.2, -0.15) is 0 Å². The van der Waals surface area contributed by atoms with Gasteiger partial charge in [-0.05, 0) is 44.0 Å². The number of carbonyl (C=O) groups excluding carboxylic acids is 2. The first-order valence-corrected chi connectivity index (χ1v) is 8.23. The molecule has 6 nitrogen and oxygen atoms in total. The molecule has 1 amide bonds. The Balaban J connectivity index is 2.29. The van der Waals surface area contributed by atoms with E-state index < -0.39 is 11.8 Å². The van der Waals surface area contributed by atoms with Crippen LogP contribution in [0.2, 0.25) is 0 Å². The lowest BCUT2D eigenvalue weighted by Gasteiger charge is -2.21. The monoisotopic (exact) mass is 362 g/mol. The van der Waals surface area contributed by atoms with Crippen molar-refractivity contribution in [1.82, 2.24) is 9.88 Å². The molecule has 1 N–H and O–H groups in total. The van der Waals surface area contributed by atoms with E-state index >= 15 is 0 Å². The van der Waals surface area contributed by atoms with Crippen LogP contribution in [0.1, 0.15) is 44.6 Å². The molecule has 26 heavy (non-hydrogen) atoms. The first-order valence-electron chi connectivity index (χ1n) is 8.23. The maximum absolute atomic E-state index is 13.9. The van der Waals surface area contributed by atoms with Crippen molar-refractivity contribution in [2.45, 2.75) is 27.3 Å². The number of nitrogens with one attached hydrogen (secondary N) is 1. The molecule has 7 heteroatoms. The van der Waals surface area contributed by atoms with E-state index in [4.69, 9.17) is 9.47 Å². The third kappa shape index (κ3) is 3.71. The fourth-order valence-electron chi connectivity index (χ4n) is 2.89. The minimum Gasteiger partial charge on any atom is -0.494 e. The molecule has 1 aromatic heterocycles. The van der Waals surface area contributed by atoms with Crippen molar-refractivity contribution in [3.63, 3.8) is 0 Å². The molecule has 140 valence electrons. The number of carbonyl (C=O) groups is 2. The number of ether oxygens (including phenoxy) is 2. The number of methoxy groups -OCH3 is 2. The van der Waals surface area contributed by atoms with Gasteiger partial charge in [0.05, 0.1) is 19.8 Å². The van der Waals surface area contributed by atoms with Crippen molar-refractivity contribution < 1.29 is 23.5 Å². The van der Waals surface area contributed by atoms with Gasteiger partial charge >= 0.3 is 5.97 Å². The van der Waals surface area contributed by atoms with Crippen LogP contribution in [-0.2, 0) is 11.3 Å². The molecule has 0 spiro atoms. The summed E-state index contributed by atoms with van der Waals surface area (Å²) in [5, 5.41) is 0. The smallest absolute Gasteiger partial charge is 0.339 e. The maximum Gasteiger partial charge on any atom is 0.339 e. The molecule has 1 heterocycles. The minimum absolute atomic E-state index is 0.154. The van der Waals surface area contributed by atoms with E-state index in [9.17, 15) is 14.0 Å². The highest BCUT2D eigenvalue weighted by Crippen LogP contribution is 2.22. The molecule has 1 aromatic carbocycles. The van der Waals surface area contributed by atoms with E-state index in [2.05, 4.69) is 4.98 Å². The summed E-state index contributed by atoms with van der Waals surface area (Å²) in [5.74, 6) is -1.08. The van der Waals surface area contributed by atoms with Gasteiger partial charge in [-0.3, -0.25) is 4.79 Å². The molecule has 0 saturated carbocycles. The van der Waals surface area contributed by atoms with Crippen LogP contribution in [-0.4, -0.2) is 42.5 Å². The number of benzene rings is 1. The SMILES string of the molecule is CCN(Cc1ccc(OC)c(F)c1)C(=O)c1[nH]c(C)c(C(=O)OC)c1C. The minimum atomic E-state index is -0.490. The number of hydrogen-bond acceptors (Lipinski definition) is 4. The number of aromatic nitrogens is 1. The number of rotatable bonds is 6. The third-order valence-electron chi connectivity index (χ3n) is 4.30. The van der Waals surface area contributed by atoms with Crippen LogP contribution in [0.5, 0.6) is 5.75 Å². The van der Waals surface area contributed by atoms with Crippen molar-refractivity contribution in [2.24, 2.45) is 0 Å². The van der Waals surface area contributed by atoms with Crippen LogP contribution in [0, 0.1) is 19.7 Å². The summed E-state index contributed by atoms with van der Waals surface area (Å²) in [4.78, 5) is 29.4. The molecule has 2 aromatic rings. The van der Waals surface area contributed by atoms with Gasteiger partial charge in [-0.1, -0.05) is 6.07 Å². The van der Waals surface area contributed by atoms with E-state index in [1.54, 1.807) is 24.8 Å². The molecule has 0 atom stereocenters. The lowest BCUT2D eigenvalue weighted by atomic mass is 10.1. The summed E-state index contributed by atoms with van der Waals surface area (Å²) in [5.41, 5.74) is 2.46. The Bertz CT molecular complexity index is 829. The second-order valence-electron chi connectivity index (χ2n) is 5.90. The van der Waals surface area contributed by atoms with Crippen LogP contribution in [0.3, 0.4) is 0 Å². The van der Waals surface area contributed by atoms with E-state index in [0.717, 1.165) is 0 Å². The third-order valence-corrected chi connectivity index (χ3v) is 4.30. The van der Waals surface area contributed by atoms with Gasteiger partial charge < -0.3 is 19.4 Å². The van der Waals surface area contributed by atoms with Crippen LogP contribution < -0.4 is 4.74 Å². The molecule has 0 aliphatic carbocycles. The normalized spacial score (nSPS) is 10.5. The van der Waals surface area contributed by atoms with Crippen molar-refractivity contribution >= 4 is 11.9 Å². The van der Waals surface area contributed by atoms with E-state index in [1.807, 2.05) is 6.92 Å². The molecule has 0 aliphatic heterocycles. The second-order valence-corrected chi connectivity index (χ2v) is 5.90. The molecule has 2 rings (SSSR count). The zero-order chi connectivity index (χ0) is 19.4. The second kappa shape index (κ2) is 8.03. The Morgan fingerprint density at radius 2 is 1.92 bits per heavy atom. The summed E-state index contributed by atoms with van der Waals surface area (Å²) in [6, 6.07) is 4.59. The van der Waals surface area contributed by atoms with Gasteiger partial charge in [0, 0.05) is 18.8 Å². The lowest BCUT2D eigenvalue weighted by Crippen LogP contribution is -2.31. The lowest BCUT2D eigenvalue weighted by molar-refractivity contribution is 0.0599. The zero-order valence-corrected chi connectivity index (χ0v) is 15.6. The molecule has 0 bridgehead atoms. The molecule has 0 saturated heterocycles. The standard InChI is InChI=1S/C19H23FN2O4/c1-6-22(10-13-7-8-15(25-4)14(20)9-13)18(23)17-11(2)16(12(3)21-17)19(24)26-5/h7-9,21H,6,10H2,1-5H3. The Labute approximate surface area is 151 Å². The van der Waals surface area contributed by atoms with Crippen LogP contribution >= 0.6 is 0 Å². The van der Waals surface area contributed by atoms with Crippen molar-refractivity contribution in [3.05, 3.63) is 52.1 Å². The molecular weight excluding hydrogens is 339 g/mol. The summed E-state index contributed by atoms with van der Waals surface area (Å²) < 4.78 is 23.6. The molecule has 0 radical (unpaired) electrons. The largest absolute Gasteiger partial charge is 0.494 e. The Morgan fingerprint density at radius 3 is 2.46 bits per heavy atom. The number of aromatic amines is 1. The van der Waals surface area contributed by atoms with Gasteiger partial charge in [0.2, 0.25) is 0 Å². The average molecular weight is 362 g/mol. The number of aryl methyl sites for hydroxylation is 1. The fraction of sp³-hybridized carbons (Fsp3) is 0.368. The van der Waals surface area contributed by atoms with Crippen LogP contribution in [0.15, 0.2) is 18.2 Å². The molecule has 0 aliphatic rings. The Hall–Kier alpha value is -2.83. The van der Waals surface area contributed by atoms with Crippen LogP contribution in [0.25, 0.3) is 0 Å². The summed E-state index contributed by atoms with van der Waals surface area (Å²) >= 11 is 0.